The summed E-state index contributed by atoms with van der Waals surface area (Å²) < 4.78 is 0. The fourth-order valence-corrected chi connectivity index (χ4v) is 3.07. The molecule has 0 amide bonds. The van der Waals surface area contributed by atoms with E-state index in [1.165, 1.54) is 5.56 Å². The molecule has 0 aliphatic rings. The van der Waals surface area contributed by atoms with E-state index in [2.05, 4.69) is 65.6 Å². The van der Waals surface area contributed by atoms with Gasteiger partial charge in [0.05, 0.1) is 11.4 Å². The van der Waals surface area contributed by atoms with E-state index in [1.54, 1.807) is 0 Å². The van der Waals surface area contributed by atoms with Crippen molar-refractivity contribution in [3.63, 3.8) is 0 Å². The maximum atomic E-state index is 4.86. The van der Waals surface area contributed by atoms with Gasteiger partial charge in [-0.2, -0.15) is 0 Å². The Morgan fingerprint density at radius 1 is 0.577 bits per heavy atom. The number of benzene rings is 2. The zero-order chi connectivity index (χ0) is 17.6. The minimum Gasteiger partial charge on any atom is -0.261 e. The largest absolute Gasteiger partial charge is 0.261 e. The summed E-state index contributed by atoms with van der Waals surface area (Å²) in [6, 6.07) is 31.2. The molecule has 0 aliphatic carbocycles. The van der Waals surface area contributed by atoms with Crippen molar-refractivity contribution in [1.82, 2.24) is 9.97 Å². The lowest BCUT2D eigenvalue weighted by molar-refractivity contribution is 0.914. The van der Waals surface area contributed by atoms with Crippen LogP contribution in [0.15, 0.2) is 97.2 Å². The normalized spacial score (nSPS) is 10.6. The van der Waals surface area contributed by atoms with E-state index >= 15 is 0 Å². The third-order valence-electron chi connectivity index (χ3n) is 4.44. The van der Waals surface area contributed by atoms with Crippen molar-refractivity contribution < 1.29 is 0 Å². The molecule has 26 heavy (non-hydrogen) atoms. The first-order valence-electron chi connectivity index (χ1n) is 8.90. The molecule has 0 N–H and O–H groups in total. The molecule has 2 heteroatoms. The first kappa shape index (κ1) is 16.2. The lowest BCUT2D eigenvalue weighted by Crippen LogP contribution is -1.94. The Labute approximate surface area is 154 Å². The molecule has 0 unspecified atom stereocenters. The summed E-state index contributed by atoms with van der Waals surface area (Å²) in [4.78, 5) is 9.27. The number of rotatable bonds is 5. The Kier molecular flexibility index (Phi) is 4.83. The van der Waals surface area contributed by atoms with Gasteiger partial charge in [-0.15, -0.1) is 0 Å². The number of hydrogen-bond donors (Lipinski definition) is 0. The van der Waals surface area contributed by atoms with Crippen LogP contribution in [0, 0.1) is 0 Å². The van der Waals surface area contributed by atoms with Gasteiger partial charge in [0, 0.05) is 23.0 Å². The van der Waals surface area contributed by atoms with Crippen LogP contribution in [0.2, 0.25) is 0 Å². The maximum Gasteiger partial charge on any atom is 0.0709 e. The van der Waals surface area contributed by atoms with Crippen molar-refractivity contribution in [2.75, 3.05) is 0 Å². The Morgan fingerprint density at radius 2 is 1.31 bits per heavy atom. The van der Waals surface area contributed by atoms with Crippen LogP contribution in [0.5, 0.6) is 0 Å². The number of aromatic nitrogens is 2. The highest BCUT2D eigenvalue weighted by atomic mass is 14.7. The lowest BCUT2D eigenvalue weighted by Gasteiger charge is -2.07. The van der Waals surface area contributed by atoms with E-state index in [0.29, 0.717) is 0 Å². The first-order valence-corrected chi connectivity index (χ1v) is 8.90. The highest BCUT2D eigenvalue weighted by Crippen LogP contribution is 2.23. The van der Waals surface area contributed by atoms with Gasteiger partial charge in [-0.1, -0.05) is 60.7 Å². The second-order valence-electron chi connectivity index (χ2n) is 6.30. The van der Waals surface area contributed by atoms with Crippen LogP contribution < -0.4 is 0 Å². The molecule has 126 valence electrons. The van der Waals surface area contributed by atoms with Crippen LogP contribution >= 0.6 is 0 Å². The summed E-state index contributed by atoms with van der Waals surface area (Å²) in [5, 5.41) is 0. The predicted octanol–water partition coefficient (Wildman–Crippen LogP) is 5.60. The average Bonchev–Trinajstić information content (AvgIpc) is 2.74. The molecule has 0 aliphatic heterocycles. The standard InChI is InChI=1S/C24H20N2/c1-2-9-20(10-3-1)23-13-7-14-24(26-23)21-11-6-8-19(18-21)15-16-22-12-4-5-17-25-22/h1-14,17-18H,15-16H2. The van der Waals surface area contributed by atoms with Gasteiger partial charge in [0.1, 0.15) is 0 Å². The molecule has 2 heterocycles. The van der Waals surface area contributed by atoms with Crippen molar-refractivity contribution in [3.05, 3.63) is 108 Å². The Balaban J connectivity index is 1.57. The van der Waals surface area contributed by atoms with Gasteiger partial charge in [0.2, 0.25) is 0 Å². The van der Waals surface area contributed by atoms with Gasteiger partial charge in [-0.3, -0.25) is 4.98 Å². The summed E-state index contributed by atoms with van der Waals surface area (Å²) in [5.41, 5.74) is 6.73. The molecular weight excluding hydrogens is 316 g/mol. The molecule has 4 aromatic rings. The van der Waals surface area contributed by atoms with E-state index in [4.69, 9.17) is 4.98 Å². The molecule has 0 spiro atoms. The van der Waals surface area contributed by atoms with E-state index in [0.717, 1.165) is 41.1 Å². The third kappa shape index (κ3) is 3.86. The van der Waals surface area contributed by atoms with Gasteiger partial charge in [0.15, 0.2) is 0 Å². The zero-order valence-electron chi connectivity index (χ0n) is 14.5. The van der Waals surface area contributed by atoms with Crippen LogP contribution in [0.25, 0.3) is 22.5 Å². The minimum absolute atomic E-state index is 0.946. The second kappa shape index (κ2) is 7.75. The van der Waals surface area contributed by atoms with Gasteiger partial charge in [-0.05, 0) is 48.7 Å². The highest BCUT2D eigenvalue weighted by Gasteiger charge is 2.04. The number of aryl methyl sites for hydroxylation is 2. The Morgan fingerprint density at radius 3 is 2.12 bits per heavy atom. The summed E-state index contributed by atoms with van der Waals surface area (Å²) in [6.07, 6.45) is 3.77. The molecule has 0 bridgehead atoms. The van der Waals surface area contributed by atoms with Crippen LogP contribution in [0.3, 0.4) is 0 Å². The summed E-state index contributed by atoms with van der Waals surface area (Å²) in [5.74, 6) is 0. The minimum atomic E-state index is 0.946. The fraction of sp³-hybridized carbons (Fsp3) is 0.0833. The third-order valence-corrected chi connectivity index (χ3v) is 4.44. The molecule has 2 nitrogen and oxygen atoms in total. The molecule has 0 atom stereocenters. The fourth-order valence-electron chi connectivity index (χ4n) is 3.07. The summed E-state index contributed by atoms with van der Waals surface area (Å²) in [7, 11) is 0. The SMILES string of the molecule is c1ccc(-c2cccc(-c3cccc(CCc4ccccn4)c3)n2)cc1. The first-order chi connectivity index (χ1) is 12.9. The van der Waals surface area contributed by atoms with E-state index in [1.807, 2.05) is 36.5 Å². The van der Waals surface area contributed by atoms with E-state index in [9.17, 15) is 0 Å². The van der Waals surface area contributed by atoms with Crippen LogP contribution in [0.4, 0.5) is 0 Å². The number of hydrogen-bond acceptors (Lipinski definition) is 2. The van der Waals surface area contributed by atoms with Gasteiger partial charge in [0.25, 0.3) is 0 Å². The van der Waals surface area contributed by atoms with Crippen LogP contribution in [-0.4, -0.2) is 9.97 Å². The monoisotopic (exact) mass is 336 g/mol. The summed E-state index contributed by atoms with van der Waals surface area (Å²) in [6.45, 7) is 0. The van der Waals surface area contributed by atoms with Crippen LogP contribution in [0.1, 0.15) is 11.3 Å². The summed E-state index contributed by atoms with van der Waals surface area (Å²) >= 11 is 0. The molecule has 0 fully saturated rings. The maximum absolute atomic E-state index is 4.86. The lowest BCUT2D eigenvalue weighted by atomic mass is 10.0. The van der Waals surface area contributed by atoms with Gasteiger partial charge < -0.3 is 0 Å². The topological polar surface area (TPSA) is 25.8 Å². The number of nitrogens with zero attached hydrogens (tertiary/aromatic N) is 2. The number of pyridine rings is 2. The average molecular weight is 336 g/mol. The zero-order valence-corrected chi connectivity index (χ0v) is 14.5. The van der Waals surface area contributed by atoms with E-state index < -0.39 is 0 Å². The van der Waals surface area contributed by atoms with Crippen molar-refractivity contribution in [2.24, 2.45) is 0 Å². The molecule has 0 saturated heterocycles. The van der Waals surface area contributed by atoms with Crippen molar-refractivity contribution >= 4 is 0 Å². The molecular formula is C24H20N2. The molecule has 4 rings (SSSR count). The van der Waals surface area contributed by atoms with Gasteiger partial charge >= 0.3 is 0 Å². The molecule has 2 aromatic heterocycles. The second-order valence-corrected chi connectivity index (χ2v) is 6.30. The van der Waals surface area contributed by atoms with Crippen molar-refractivity contribution in [3.8, 4) is 22.5 Å². The molecule has 0 radical (unpaired) electrons. The van der Waals surface area contributed by atoms with Crippen molar-refractivity contribution in [1.29, 1.82) is 0 Å². The smallest absolute Gasteiger partial charge is 0.0709 e. The molecule has 0 saturated carbocycles. The van der Waals surface area contributed by atoms with E-state index in [-0.39, 0.29) is 0 Å². The quantitative estimate of drug-likeness (QED) is 0.474. The predicted molar refractivity (Wildman–Crippen MR) is 107 cm³/mol. The molecule has 2 aromatic carbocycles. The Bertz CT molecular complexity index is 979. The van der Waals surface area contributed by atoms with Crippen LogP contribution in [-0.2, 0) is 12.8 Å². The van der Waals surface area contributed by atoms with Gasteiger partial charge in [-0.25, -0.2) is 4.98 Å². The Hall–Kier alpha value is -3.26. The highest BCUT2D eigenvalue weighted by molar-refractivity contribution is 5.66. The van der Waals surface area contributed by atoms with Crippen molar-refractivity contribution in [2.45, 2.75) is 12.8 Å².